The van der Waals surface area contributed by atoms with Gasteiger partial charge in [0.1, 0.15) is 5.82 Å². The number of anilines is 1. The summed E-state index contributed by atoms with van der Waals surface area (Å²) in [5, 5.41) is 0.988. The smallest absolute Gasteiger partial charge is 0.227 e. The number of rotatable bonds is 3. The van der Waals surface area contributed by atoms with Crippen LogP contribution in [0, 0.1) is 5.92 Å². The lowest BCUT2D eigenvalue weighted by Crippen LogP contribution is -2.54. The van der Waals surface area contributed by atoms with Crippen LogP contribution >= 0.6 is 36.3 Å². The molecule has 6 nitrogen and oxygen atoms in total. The summed E-state index contributed by atoms with van der Waals surface area (Å²) in [5.41, 5.74) is 6.08. The number of hydrogen-bond donors (Lipinski definition) is 1. The van der Waals surface area contributed by atoms with Gasteiger partial charge in [0.2, 0.25) is 11.0 Å². The molecule has 1 saturated heterocycles. The fraction of sp³-hybridized carbons (Fsp3) is 0.824. The van der Waals surface area contributed by atoms with Crippen LogP contribution in [0.5, 0.6) is 0 Å². The predicted molar refractivity (Wildman–Crippen MR) is 112 cm³/mol. The van der Waals surface area contributed by atoms with E-state index >= 15 is 0 Å². The number of aryl methyl sites for hydroxylation is 1. The summed E-state index contributed by atoms with van der Waals surface area (Å²) in [6, 6.07) is 0. The lowest BCUT2D eigenvalue weighted by atomic mass is 9.74. The summed E-state index contributed by atoms with van der Waals surface area (Å²) in [6.45, 7) is 7.47. The van der Waals surface area contributed by atoms with Crippen molar-refractivity contribution in [2.45, 2.75) is 57.9 Å². The largest absolute Gasteiger partial charge is 0.345 e. The van der Waals surface area contributed by atoms with E-state index in [4.69, 9.17) is 5.73 Å². The Morgan fingerprint density at radius 3 is 2.65 bits per heavy atom. The molecule has 3 rings (SSSR count). The van der Waals surface area contributed by atoms with E-state index in [1.165, 1.54) is 11.5 Å². The van der Waals surface area contributed by atoms with Crippen LogP contribution in [-0.4, -0.2) is 51.9 Å². The fourth-order valence-electron chi connectivity index (χ4n) is 3.83. The molecule has 0 spiro atoms. The third kappa shape index (κ3) is 5.21. The fourth-order valence-corrected chi connectivity index (χ4v) is 4.63. The van der Waals surface area contributed by atoms with Gasteiger partial charge in [-0.15, -0.1) is 24.8 Å². The number of carbonyl (C=O) groups is 1. The van der Waals surface area contributed by atoms with Crippen LogP contribution < -0.4 is 10.6 Å². The van der Waals surface area contributed by atoms with Gasteiger partial charge in [-0.2, -0.15) is 4.37 Å². The number of halogens is 2. The number of nitrogens with two attached hydrogens (primary N) is 1. The van der Waals surface area contributed by atoms with Gasteiger partial charge in [0.15, 0.2) is 0 Å². The van der Waals surface area contributed by atoms with Gasteiger partial charge in [0, 0.05) is 49.7 Å². The molecular formula is C17H31Cl2N5OS. The van der Waals surface area contributed by atoms with E-state index in [0.29, 0.717) is 0 Å². The zero-order valence-corrected chi connectivity index (χ0v) is 18.1. The van der Waals surface area contributed by atoms with Crippen molar-refractivity contribution < 1.29 is 4.79 Å². The van der Waals surface area contributed by atoms with Gasteiger partial charge in [-0.3, -0.25) is 4.79 Å². The van der Waals surface area contributed by atoms with Crippen LogP contribution in [0.3, 0.4) is 0 Å². The van der Waals surface area contributed by atoms with Crippen LogP contribution in [0.2, 0.25) is 0 Å². The van der Waals surface area contributed by atoms with E-state index in [0.717, 1.165) is 75.7 Å². The molecule has 1 amide bonds. The molecule has 1 saturated carbocycles. The maximum Gasteiger partial charge on any atom is 0.227 e. The molecule has 26 heavy (non-hydrogen) atoms. The Labute approximate surface area is 172 Å². The van der Waals surface area contributed by atoms with Gasteiger partial charge < -0.3 is 15.5 Å². The summed E-state index contributed by atoms with van der Waals surface area (Å²) in [4.78, 5) is 21.9. The molecular weight excluding hydrogens is 393 g/mol. The van der Waals surface area contributed by atoms with E-state index in [1.54, 1.807) is 0 Å². The Hall–Kier alpha value is -0.630. The highest BCUT2D eigenvalue weighted by Crippen LogP contribution is 2.33. The number of nitrogens with zero attached hydrogens (tertiary/aromatic N) is 4. The Morgan fingerprint density at radius 2 is 2.00 bits per heavy atom. The molecule has 1 aromatic heterocycles. The average Bonchev–Trinajstić information content (AvgIpc) is 2.91. The van der Waals surface area contributed by atoms with Gasteiger partial charge in [0.05, 0.1) is 5.92 Å². The van der Waals surface area contributed by atoms with Crippen molar-refractivity contribution in [2.24, 2.45) is 11.7 Å². The lowest BCUT2D eigenvalue weighted by Gasteiger charge is -2.39. The third-order valence-electron chi connectivity index (χ3n) is 5.40. The Bertz CT molecular complexity index is 583. The van der Waals surface area contributed by atoms with Crippen LogP contribution in [0.15, 0.2) is 0 Å². The molecule has 2 heterocycles. The molecule has 2 atom stereocenters. The molecule has 2 N–H and O–H groups in total. The lowest BCUT2D eigenvalue weighted by molar-refractivity contribution is -0.138. The van der Waals surface area contributed by atoms with Crippen LogP contribution in [0.4, 0.5) is 5.13 Å². The topological polar surface area (TPSA) is 75.4 Å². The van der Waals surface area contributed by atoms with Crippen molar-refractivity contribution in [3.05, 3.63) is 5.82 Å². The van der Waals surface area contributed by atoms with Crippen molar-refractivity contribution in [3.63, 3.8) is 0 Å². The molecule has 2 aliphatic rings. The monoisotopic (exact) mass is 423 g/mol. The first-order valence-electron chi connectivity index (χ1n) is 9.16. The van der Waals surface area contributed by atoms with Crippen molar-refractivity contribution >= 4 is 47.4 Å². The van der Waals surface area contributed by atoms with Crippen LogP contribution in [0.1, 0.15) is 51.8 Å². The normalized spacial score (nSPS) is 26.5. The molecule has 1 aliphatic carbocycles. The van der Waals surface area contributed by atoms with Gasteiger partial charge in [-0.1, -0.05) is 19.8 Å². The number of carbonyl (C=O) groups excluding carboxylic acids is 1. The molecule has 0 bridgehead atoms. The van der Waals surface area contributed by atoms with E-state index < -0.39 is 0 Å². The molecule has 0 aromatic carbocycles. The highest BCUT2D eigenvalue weighted by molar-refractivity contribution is 7.09. The first kappa shape index (κ1) is 23.4. The van der Waals surface area contributed by atoms with E-state index in [2.05, 4.69) is 21.2 Å². The first-order chi connectivity index (χ1) is 11.5. The van der Waals surface area contributed by atoms with Gasteiger partial charge in [-0.05, 0) is 26.2 Å². The average molecular weight is 424 g/mol. The molecule has 0 radical (unpaired) electrons. The van der Waals surface area contributed by atoms with Crippen molar-refractivity contribution in [2.75, 3.05) is 31.1 Å². The SMILES string of the molecule is CCc1nsc(N2CCCN(C(=O)C3CCCCC3(C)N)CC2)n1.Cl.Cl. The summed E-state index contributed by atoms with van der Waals surface area (Å²) in [6.07, 6.45) is 5.98. The van der Waals surface area contributed by atoms with Gasteiger partial charge >= 0.3 is 0 Å². The Morgan fingerprint density at radius 1 is 1.23 bits per heavy atom. The summed E-state index contributed by atoms with van der Waals surface area (Å²) in [5.74, 6) is 1.15. The maximum atomic E-state index is 13.0. The standard InChI is InChI=1S/C17H29N5OS.2ClH/c1-3-14-19-16(24-20-14)22-10-6-9-21(11-12-22)15(23)13-7-4-5-8-17(13,2)18;;/h13H,3-12,18H2,1-2H3;2*1H. The summed E-state index contributed by atoms with van der Waals surface area (Å²) in [7, 11) is 0. The maximum absolute atomic E-state index is 13.0. The van der Waals surface area contributed by atoms with Crippen molar-refractivity contribution in [1.29, 1.82) is 0 Å². The van der Waals surface area contributed by atoms with Gasteiger partial charge in [-0.25, -0.2) is 4.98 Å². The Kier molecular flexibility index (Phi) is 9.06. The first-order valence-corrected chi connectivity index (χ1v) is 9.94. The van der Waals surface area contributed by atoms with Crippen molar-refractivity contribution in [1.82, 2.24) is 14.3 Å². The van der Waals surface area contributed by atoms with Gasteiger partial charge in [0.25, 0.3) is 0 Å². The zero-order valence-electron chi connectivity index (χ0n) is 15.6. The minimum absolute atomic E-state index is 0. The molecule has 150 valence electrons. The predicted octanol–water partition coefficient (Wildman–Crippen LogP) is 2.89. The van der Waals surface area contributed by atoms with E-state index in [1.807, 2.05) is 11.8 Å². The number of hydrogen-bond acceptors (Lipinski definition) is 6. The third-order valence-corrected chi connectivity index (χ3v) is 6.22. The molecule has 9 heteroatoms. The van der Waals surface area contributed by atoms with Crippen LogP contribution in [-0.2, 0) is 11.2 Å². The second-order valence-electron chi connectivity index (χ2n) is 7.32. The van der Waals surface area contributed by atoms with Crippen molar-refractivity contribution in [3.8, 4) is 0 Å². The second-order valence-corrected chi connectivity index (χ2v) is 8.05. The molecule has 2 fully saturated rings. The van der Waals surface area contributed by atoms with E-state index in [-0.39, 0.29) is 42.2 Å². The molecule has 1 aliphatic heterocycles. The quantitative estimate of drug-likeness (QED) is 0.808. The second kappa shape index (κ2) is 10.1. The highest BCUT2D eigenvalue weighted by atomic mass is 35.5. The zero-order chi connectivity index (χ0) is 17.2. The number of aromatic nitrogens is 2. The Balaban J connectivity index is 0.00000169. The summed E-state index contributed by atoms with van der Waals surface area (Å²) < 4.78 is 4.38. The van der Waals surface area contributed by atoms with Crippen LogP contribution in [0.25, 0.3) is 0 Å². The molecule has 1 aromatic rings. The minimum atomic E-state index is -0.351. The summed E-state index contributed by atoms with van der Waals surface area (Å²) >= 11 is 1.47. The van der Waals surface area contributed by atoms with E-state index in [9.17, 15) is 4.79 Å². The highest BCUT2D eigenvalue weighted by Gasteiger charge is 2.40. The minimum Gasteiger partial charge on any atom is -0.345 e. The number of amides is 1. The molecule has 2 unspecified atom stereocenters.